The molecule has 0 aliphatic rings. The maximum atomic E-state index is 12.7. The van der Waals surface area contributed by atoms with E-state index in [0.29, 0.717) is 23.1 Å². The number of aliphatic imine (C=N–C) groups is 1. The monoisotopic (exact) mass is 569 g/mol. The molecule has 0 aliphatic carbocycles. The molecule has 14 nitrogen and oxygen atoms in total. The Morgan fingerprint density at radius 1 is 1.10 bits per heavy atom. The van der Waals surface area contributed by atoms with Crippen LogP contribution in [-0.4, -0.2) is 96.2 Å². The number of methoxy groups -OCH3 is 1. The number of benzene rings is 1. The summed E-state index contributed by atoms with van der Waals surface area (Å²) in [5.74, 6) is -1.000. The first-order valence-corrected chi connectivity index (χ1v) is 13.0. The van der Waals surface area contributed by atoms with Crippen molar-refractivity contribution in [3.8, 4) is 5.88 Å². The van der Waals surface area contributed by atoms with Crippen LogP contribution in [0.4, 0.5) is 5.95 Å². The maximum Gasteiger partial charge on any atom is 0.338 e. The predicted octanol–water partition coefficient (Wildman–Crippen LogP) is 2.28. The molecule has 0 radical (unpaired) electrons. The third kappa shape index (κ3) is 8.96. The third-order valence-corrected chi connectivity index (χ3v) is 5.72. The fourth-order valence-corrected chi connectivity index (χ4v) is 3.52. The number of hydrogen-bond donors (Lipinski definition) is 1. The second-order valence-corrected chi connectivity index (χ2v) is 9.01. The number of nitrogens with zero attached hydrogens (tertiary/aromatic N) is 6. The number of aromatic nitrogens is 4. The molecule has 0 unspecified atom stereocenters. The van der Waals surface area contributed by atoms with Crippen LogP contribution in [0.3, 0.4) is 0 Å². The summed E-state index contributed by atoms with van der Waals surface area (Å²) in [7, 11) is 6.58. The molecule has 41 heavy (non-hydrogen) atoms. The number of imidazole rings is 1. The van der Waals surface area contributed by atoms with Crippen LogP contribution < -0.4 is 10.1 Å². The van der Waals surface area contributed by atoms with E-state index in [0.717, 1.165) is 0 Å². The topological polar surface area (TPSA) is 159 Å². The van der Waals surface area contributed by atoms with Crippen molar-refractivity contribution in [1.29, 1.82) is 0 Å². The van der Waals surface area contributed by atoms with Gasteiger partial charge in [0.25, 0.3) is 5.95 Å². The molecule has 3 rings (SSSR count). The van der Waals surface area contributed by atoms with Gasteiger partial charge >= 0.3 is 11.9 Å². The van der Waals surface area contributed by atoms with Crippen molar-refractivity contribution in [3.05, 3.63) is 42.2 Å². The molecular weight excluding hydrogens is 534 g/mol. The van der Waals surface area contributed by atoms with E-state index in [9.17, 15) is 14.4 Å². The van der Waals surface area contributed by atoms with Gasteiger partial charge < -0.3 is 29.2 Å². The molecule has 3 aromatic rings. The van der Waals surface area contributed by atoms with Gasteiger partial charge in [0.1, 0.15) is 13.2 Å². The highest BCUT2D eigenvalue weighted by atomic mass is 16.6. The lowest BCUT2D eigenvalue weighted by atomic mass is 10.2. The average molecular weight is 570 g/mol. The van der Waals surface area contributed by atoms with Crippen molar-refractivity contribution in [2.24, 2.45) is 4.99 Å². The zero-order valence-electron chi connectivity index (χ0n) is 23.8. The van der Waals surface area contributed by atoms with Crippen molar-refractivity contribution >= 4 is 41.3 Å². The van der Waals surface area contributed by atoms with Crippen molar-refractivity contribution in [2.75, 3.05) is 41.5 Å². The molecule has 0 spiro atoms. The number of fused-ring (bicyclic) bond motifs is 1. The second kappa shape index (κ2) is 15.3. The first-order chi connectivity index (χ1) is 19.7. The number of amides is 1. The Hall–Kier alpha value is -4.59. The Balaban J connectivity index is 1.88. The second-order valence-electron chi connectivity index (χ2n) is 9.01. The first kappa shape index (κ1) is 30.9. The standard InChI is InChI=1S/C27H35N7O7/c1-6-19(14-39-22(36)13-12-20(35)28-2)41-21(15-40-26(37)18-10-8-7-9-11-18)34-17-29-23-24(34)31-27(30-16-33(3)4)32-25(23)38-5/h7-11,16-17,19,21H,6,12-15H2,1-5H3,(H,28,35)/t19-,21-/m1/s1. The number of rotatable bonds is 15. The molecule has 0 saturated heterocycles. The summed E-state index contributed by atoms with van der Waals surface area (Å²) in [6.45, 7) is 1.58. The number of carbonyl (C=O) groups excluding carboxylic acids is 3. The van der Waals surface area contributed by atoms with Gasteiger partial charge in [-0.15, -0.1) is 0 Å². The third-order valence-electron chi connectivity index (χ3n) is 5.72. The normalized spacial score (nSPS) is 12.6. The summed E-state index contributed by atoms with van der Waals surface area (Å²) in [6, 6.07) is 8.55. The summed E-state index contributed by atoms with van der Waals surface area (Å²) in [5.41, 5.74) is 1.07. The molecule has 1 amide bonds. The quantitative estimate of drug-likeness (QED) is 0.162. The fraction of sp³-hybridized carbons (Fsp3) is 0.444. The number of esters is 2. The van der Waals surface area contributed by atoms with Gasteiger partial charge in [0.15, 0.2) is 17.4 Å². The van der Waals surface area contributed by atoms with Crippen LogP contribution in [-0.2, 0) is 23.8 Å². The lowest BCUT2D eigenvalue weighted by Crippen LogP contribution is -2.29. The largest absolute Gasteiger partial charge is 0.479 e. The van der Waals surface area contributed by atoms with Crippen molar-refractivity contribution in [2.45, 2.75) is 38.5 Å². The lowest BCUT2D eigenvalue weighted by Gasteiger charge is -2.25. The molecule has 0 aliphatic heterocycles. The van der Waals surface area contributed by atoms with Gasteiger partial charge in [-0.3, -0.25) is 14.2 Å². The highest BCUT2D eigenvalue weighted by molar-refractivity contribution is 5.89. The molecule has 2 atom stereocenters. The molecule has 220 valence electrons. The molecule has 2 heterocycles. The highest BCUT2D eigenvalue weighted by Crippen LogP contribution is 2.27. The maximum absolute atomic E-state index is 12.7. The van der Waals surface area contributed by atoms with E-state index in [-0.39, 0.29) is 43.8 Å². The van der Waals surface area contributed by atoms with E-state index in [1.54, 1.807) is 46.1 Å². The van der Waals surface area contributed by atoms with Gasteiger partial charge in [-0.1, -0.05) is 25.1 Å². The summed E-state index contributed by atoms with van der Waals surface area (Å²) < 4.78 is 24.2. The van der Waals surface area contributed by atoms with E-state index in [4.69, 9.17) is 18.9 Å². The van der Waals surface area contributed by atoms with E-state index < -0.39 is 24.3 Å². The van der Waals surface area contributed by atoms with E-state index in [1.807, 2.05) is 21.0 Å². The molecule has 14 heteroatoms. The van der Waals surface area contributed by atoms with Crippen LogP contribution >= 0.6 is 0 Å². The van der Waals surface area contributed by atoms with Crippen molar-refractivity contribution < 1.29 is 33.3 Å². The predicted molar refractivity (Wildman–Crippen MR) is 149 cm³/mol. The smallest absolute Gasteiger partial charge is 0.338 e. The minimum absolute atomic E-state index is 0.0201. The molecule has 0 saturated carbocycles. The molecule has 0 fully saturated rings. The number of ether oxygens (including phenoxy) is 4. The van der Waals surface area contributed by atoms with Gasteiger partial charge in [-0.05, 0) is 18.6 Å². The number of carbonyl (C=O) groups is 3. The van der Waals surface area contributed by atoms with E-state index in [2.05, 4.69) is 25.3 Å². The fourth-order valence-electron chi connectivity index (χ4n) is 3.52. The molecule has 0 bridgehead atoms. The van der Waals surface area contributed by atoms with Crippen LogP contribution in [0.2, 0.25) is 0 Å². The summed E-state index contributed by atoms with van der Waals surface area (Å²) in [5, 5.41) is 2.46. The minimum atomic E-state index is -0.910. The minimum Gasteiger partial charge on any atom is -0.479 e. The Bertz CT molecular complexity index is 1340. The molecule has 1 aromatic carbocycles. The lowest BCUT2D eigenvalue weighted by molar-refractivity contribution is -0.154. The van der Waals surface area contributed by atoms with E-state index in [1.165, 1.54) is 20.5 Å². The summed E-state index contributed by atoms with van der Waals surface area (Å²) in [4.78, 5) is 55.6. The Labute approximate surface area is 237 Å². The molecular formula is C27H35N7O7. The summed E-state index contributed by atoms with van der Waals surface area (Å²) in [6.07, 6.45) is 1.96. The summed E-state index contributed by atoms with van der Waals surface area (Å²) >= 11 is 0. The van der Waals surface area contributed by atoms with E-state index >= 15 is 0 Å². The van der Waals surface area contributed by atoms with Crippen molar-refractivity contribution in [1.82, 2.24) is 29.7 Å². The SMILES string of the molecule is CC[C@H](COC(=O)CCC(=O)NC)O[C@H](COC(=O)c1ccccc1)n1cnc2c(OC)nc(N=CN(C)C)nc21. The van der Waals surface area contributed by atoms with Crippen molar-refractivity contribution in [3.63, 3.8) is 0 Å². The zero-order valence-corrected chi connectivity index (χ0v) is 23.8. The van der Waals surface area contributed by atoms with Gasteiger partial charge in [0.2, 0.25) is 11.8 Å². The first-order valence-electron chi connectivity index (χ1n) is 13.0. The van der Waals surface area contributed by atoms with Gasteiger partial charge in [-0.25, -0.2) is 14.8 Å². The van der Waals surface area contributed by atoms with Crippen LogP contribution in [0, 0.1) is 0 Å². The van der Waals surface area contributed by atoms with Crippen LogP contribution in [0.5, 0.6) is 5.88 Å². The van der Waals surface area contributed by atoms with Gasteiger partial charge in [0, 0.05) is 27.6 Å². The molecule has 1 N–H and O–H groups in total. The number of nitrogens with one attached hydrogen (secondary N) is 1. The van der Waals surface area contributed by atoms with Crippen LogP contribution in [0.15, 0.2) is 41.7 Å². The number of hydrogen-bond acceptors (Lipinski definition) is 11. The van der Waals surface area contributed by atoms with Crippen LogP contribution in [0.1, 0.15) is 42.8 Å². The highest BCUT2D eigenvalue weighted by Gasteiger charge is 2.25. The Morgan fingerprint density at radius 3 is 2.51 bits per heavy atom. The Kier molecular flexibility index (Phi) is 11.5. The van der Waals surface area contributed by atoms with Gasteiger partial charge in [0.05, 0.1) is 37.9 Å². The van der Waals surface area contributed by atoms with Gasteiger partial charge in [-0.2, -0.15) is 9.97 Å². The molecule has 2 aromatic heterocycles. The average Bonchev–Trinajstić information content (AvgIpc) is 3.42. The van der Waals surface area contributed by atoms with Crippen LogP contribution in [0.25, 0.3) is 11.2 Å². The Morgan fingerprint density at radius 2 is 1.85 bits per heavy atom. The zero-order chi connectivity index (χ0) is 29.8.